The minimum atomic E-state index is -0.0915. The molecule has 1 aliphatic heterocycles. The largest absolute Gasteiger partial charge is 0.471 e. The highest BCUT2D eigenvalue weighted by Gasteiger charge is 2.30. The molecule has 3 heterocycles. The summed E-state index contributed by atoms with van der Waals surface area (Å²) in [5.74, 6) is 0.418. The molecule has 0 aromatic carbocycles. The number of hydrogen-bond donors (Lipinski definition) is 0. The van der Waals surface area contributed by atoms with Crippen molar-refractivity contribution in [2.45, 2.75) is 44.8 Å². The molecular weight excluding hydrogens is 292 g/mol. The molecule has 1 unspecified atom stereocenters. The Hall–Kier alpha value is -2.37. The maximum absolute atomic E-state index is 12.9. The first kappa shape index (κ1) is 14.2. The third-order valence-electron chi connectivity index (χ3n) is 4.57. The predicted octanol–water partition coefficient (Wildman–Crippen LogP) is 2.82. The molecular formula is C17H20N4O2. The monoisotopic (exact) mass is 312 g/mol. The summed E-state index contributed by atoms with van der Waals surface area (Å²) in [4.78, 5) is 18.8. The molecule has 4 rings (SSSR count). The third kappa shape index (κ3) is 2.58. The summed E-state index contributed by atoms with van der Waals surface area (Å²) in [6, 6.07) is 5.93. The van der Waals surface area contributed by atoms with Gasteiger partial charge in [-0.3, -0.25) is 14.4 Å². The molecule has 0 saturated heterocycles. The zero-order chi connectivity index (χ0) is 15.8. The Morgan fingerprint density at radius 2 is 2.13 bits per heavy atom. The van der Waals surface area contributed by atoms with Gasteiger partial charge in [-0.1, -0.05) is 12.8 Å². The maximum atomic E-state index is 12.9. The summed E-state index contributed by atoms with van der Waals surface area (Å²) in [6.45, 7) is 2.45. The van der Waals surface area contributed by atoms with E-state index in [9.17, 15) is 4.79 Å². The number of nitrogens with zero attached hydrogens (tertiary/aromatic N) is 4. The molecule has 0 radical (unpaired) electrons. The Balaban J connectivity index is 1.62. The Morgan fingerprint density at radius 3 is 2.96 bits per heavy atom. The second-order valence-electron chi connectivity index (χ2n) is 6.29. The van der Waals surface area contributed by atoms with Crippen LogP contribution in [0, 0.1) is 0 Å². The number of ether oxygens (including phenoxy) is 1. The quantitative estimate of drug-likeness (QED) is 0.855. The van der Waals surface area contributed by atoms with Gasteiger partial charge in [-0.15, -0.1) is 0 Å². The molecule has 2 aliphatic rings. The van der Waals surface area contributed by atoms with Crippen LogP contribution >= 0.6 is 0 Å². The number of carbonyl (C=O) groups excluding carboxylic acids is 1. The molecule has 1 amide bonds. The van der Waals surface area contributed by atoms with E-state index in [1.165, 1.54) is 12.8 Å². The van der Waals surface area contributed by atoms with Gasteiger partial charge < -0.3 is 4.74 Å². The lowest BCUT2D eigenvalue weighted by molar-refractivity contribution is 0.0952. The number of aromatic nitrogens is 3. The highest BCUT2D eigenvalue weighted by Crippen LogP contribution is 2.32. The fourth-order valence-corrected chi connectivity index (χ4v) is 3.42. The SMILES string of the molecule is CC1CN(C(=O)c2ccn(C3CCCC3)n2)c2cccnc2O1. The molecule has 1 saturated carbocycles. The van der Waals surface area contributed by atoms with Crippen molar-refractivity contribution in [1.29, 1.82) is 0 Å². The van der Waals surface area contributed by atoms with E-state index in [2.05, 4.69) is 10.1 Å². The summed E-state index contributed by atoms with van der Waals surface area (Å²) >= 11 is 0. The highest BCUT2D eigenvalue weighted by molar-refractivity contribution is 6.05. The van der Waals surface area contributed by atoms with E-state index >= 15 is 0 Å². The second kappa shape index (κ2) is 5.68. The first-order valence-electron chi connectivity index (χ1n) is 8.21. The number of pyridine rings is 1. The van der Waals surface area contributed by atoms with Crippen LogP contribution in [-0.4, -0.2) is 33.3 Å². The van der Waals surface area contributed by atoms with E-state index in [1.54, 1.807) is 11.1 Å². The topological polar surface area (TPSA) is 60.2 Å². The lowest BCUT2D eigenvalue weighted by Gasteiger charge is -2.31. The number of anilines is 1. The van der Waals surface area contributed by atoms with Crippen LogP contribution in [0.15, 0.2) is 30.6 Å². The Kier molecular flexibility index (Phi) is 3.52. The molecule has 0 spiro atoms. The number of carbonyl (C=O) groups is 1. The number of rotatable bonds is 2. The Morgan fingerprint density at radius 1 is 1.30 bits per heavy atom. The molecule has 0 bridgehead atoms. The van der Waals surface area contributed by atoms with Crippen molar-refractivity contribution in [3.63, 3.8) is 0 Å². The minimum Gasteiger partial charge on any atom is -0.471 e. The van der Waals surface area contributed by atoms with Crippen LogP contribution in [0.4, 0.5) is 5.69 Å². The second-order valence-corrected chi connectivity index (χ2v) is 6.29. The number of amides is 1. The lowest BCUT2D eigenvalue weighted by atomic mass is 10.2. The fourth-order valence-electron chi connectivity index (χ4n) is 3.42. The molecule has 120 valence electrons. The van der Waals surface area contributed by atoms with Gasteiger partial charge in [0.1, 0.15) is 11.8 Å². The first-order valence-corrected chi connectivity index (χ1v) is 8.21. The van der Waals surface area contributed by atoms with Crippen LogP contribution in [0.5, 0.6) is 5.88 Å². The van der Waals surface area contributed by atoms with Gasteiger partial charge in [0.2, 0.25) is 5.88 Å². The molecule has 2 aromatic rings. The maximum Gasteiger partial charge on any atom is 0.279 e. The molecule has 0 N–H and O–H groups in total. The summed E-state index contributed by atoms with van der Waals surface area (Å²) in [6.07, 6.45) is 8.30. The Bertz CT molecular complexity index is 721. The zero-order valence-electron chi connectivity index (χ0n) is 13.2. The molecule has 6 nitrogen and oxygen atoms in total. The number of fused-ring (bicyclic) bond motifs is 1. The van der Waals surface area contributed by atoms with Crippen LogP contribution in [0.25, 0.3) is 0 Å². The first-order chi connectivity index (χ1) is 11.2. The average Bonchev–Trinajstić information content (AvgIpc) is 3.24. The van der Waals surface area contributed by atoms with Gasteiger partial charge >= 0.3 is 0 Å². The molecule has 1 fully saturated rings. The van der Waals surface area contributed by atoms with Crippen molar-refractivity contribution in [1.82, 2.24) is 14.8 Å². The van der Waals surface area contributed by atoms with Crippen LogP contribution in [0.3, 0.4) is 0 Å². The molecule has 1 aliphatic carbocycles. The van der Waals surface area contributed by atoms with Gasteiger partial charge in [-0.2, -0.15) is 5.10 Å². The smallest absolute Gasteiger partial charge is 0.279 e. The highest BCUT2D eigenvalue weighted by atomic mass is 16.5. The van der Waals surface area contributed by atoms with Gasteiger partial charge in [-0.05, 0) is 38.0 Å². The Labute approximate surface area is 135 Å². The van der Waals surface area contributed by atoms with Crippen molar-refractivity contribution >= 4 is 11.6 Å². The third-order valence-corrected chi connectivity index (χ3v) is 4.57. The van der Waals surface area contributed by atoms with Crippen LogP contribution in [0.1, 0.15) is 49.1 Å². The van der Waals surface area contributed by atoms with Gasteiger partial charge in [0.15, 0.2) is 5.69 Å². The van der Waals surface area contributed by atoms with Crippen molar-refractivity contribution in [2.75, 3.05) is 11.4 Å². The minimum absolute atomic E-state index is 0.0849. The molecule has 6 heteroatoms. The van der Waals surface area contributed by atoms with E-state index in [4.69, 9.17) is 4.74 Å². The van der Waals surface area contributed by atoms with Gasteiger partial charge in [0.25, 0.3) is 5.91 Å². The normalized spacial score (nSPS) is 21.1. The van der Waals surface area contributed by atoms with Crippen LogP contribution in [0.2, 0.25) is 0 Å². The molecule has 1 atom stereocenters. The zero-order valence-corrected chi connectivity index (χ0v) is 13.2. The van der Waals surface area contributed by atoms with E-state index in [0.29, 0.717) is 29.8 Å². The van der Waals surface area contributed by atoms with Crippen molar-refractivity contribution < 1.29 is 9.53 Å². The van der Waals surface area contributed by atoms with Crippen molar-refractivity contribution in [3.05, 3.63) is 36.3 Å². The van der Waals surface area contributed by atoms with Gasteiger partial charge in [0, 0.05) is 12.4 Å². The van der Waals surface area contributed by atoms with E-state index < -0.39 is 0 Å². The predicted molar refractivity (Wildman–Crippen MR) is 85.7 cm³/mol. The summed E-state index contributed by atoms with van der Waals surface area (Å²) < 4.78 is 7.66. The fraction of sp³-hybridized carbons (Fsp3) is 0.471. The molecule has 2 aromatic heterocycles. The number of hydrogen-bond acceptors (Lipinski definition) is 4. The summed E-state index contributed by atoms with van der Waals surface area (Å²) in [5, 5.41) is 4.53. The molecule has 23 heavy (non-hydrogen) atoms. The van der Waals surface area contributed by atoms with Gasteiger partial charge in [-0.25, -0.2) is 4.98 Å². The lowest BCUT2D eigenvalue weighted by Crippen LogP contribution is -2.42. The van der Waals surface area contributed by atoms with Gasteiger partial charge in [0.05, 0.1) is 12.6 Å². The van der Waals surface area contributed by atoms with E-state index in [1.807, 2.05) is 36.0 Å². The van der Waals surface area contributed by atoms with Crippen molar-refractivity contribution in [2.24, 2.45) is 0 Å². The van der Waals surface area contributed by atoms with E-state index in [-0.39, 0.29) is 12.0 Å². The van der Waals surface area contributed by atoms with Crippen LogP contribution in [-0.2, 0) is 0 Å². The average molecular weight is 312 g/mol. The summed E-state index contributed by atoms with van der Waals surface area (Å²) in [5.41, 5.74) is 1.20. The summed E-state index contributed by atoms with van der Waals surface area (Å²) in [7, 11) is 0. The van der Waals surface area contributed by atoms with Crippen LogP contribution < -0.4 is 9.64 Å². The van der Waals surface area contributed by atoms with Crippen molar-refractivity contribution in [3.8, 4) is 5.88 Å². The van der Waals surface area contributed by atoms with E-state index in [0.717, 1.165) is 12.8 Å². The standard InChI is InChI=1S/C17H20N4O2/c1-12-11-20(15-7-4-9-18-16(15)23-12)17(22)14-8-10-21(19-14)13-5-2-3-6-13/h4,7-10,12-13H,2-3,5-6,11H2,1H3.